The third kappa shape index (κ3) is 0.932. The van der Waals surface area contributed by atoms with Crippen LogP contribution >= 0.6 is 0 Å². The molecule has 1 aliphatic rings. The Kier molecular flexibility index (Phi) is 1.46. The summed E-state index contributed by atoms with van der Waals surface area (Å²) in [6.07, 6.45) is 0. The second-order valence-electron chi connectivity index (χ2n) is 3.08. The monoisotopic (exact) mass is 161 g/mol. The zero-order valence-electron chi connectivity index (χ0n) is 7.55. The first-order chi connectivity index (χ1) is 5.68. The van der Waals surface area contributed by atoms with Crippen molar-refractivity contribution in [2.45, 2.75) is 27.3 Å². The predicted octanol–water partition coefficient (Wildman–Crippen LogP) is 1.42. The van der Waals surface area contributed by atoms with Crippen molar-refractivity contribution >= 4 is 5.71 Å². The van der Waals surface area contributed by atoms with Crippen molar-refractivity contribution in [2.75, 3.05) is 0 Å². The summed E-state index contributed by atoms with van der Waals surface area (Å²) in [5, 5.41) is 0. The quantitative estimate of drug-likeness (QED) is 0.577. The van der Waals surface area contributed by atoms with Gasteiger partial charge in [0.15, 0.2) is 0 Å². The zero-order chi connectivity index (χ0) is 8.72. The van der Waals surface area contributed by atoms with E-state index in [1.807, 2.05) is 20.8 Å². The molecule has 0 atom stereocenters. The Morgan fingerprint density at radius 3 is 2.58 bits per heavy atom. The number of aromatic nitrogens is 2. The summed E-state index contributed by atoms with van der Waals surface area (Å²) >= 11 is 0. The van der Waals surface area contributed by atoms with Crippen LogP contribution < -0.4 is 0 Å². The van der Waals surface area contributed by atoms with E-state index in [2.05, 4.69) is 15.0 Å². The van der Waals surface area contributed by atoms with Gasteiger partial charge in [0.05, 0.1) is 17.9 Å². The largest absolute Gasteiger partial charge is 0.283 e. The van der Waals surface area contributed by atoms with Gasteiger partial charge in [-0.1, -0.05) is 0 Å². The molecular formula is C9H11N3. The Bertz CT molecular complexity index is 366. The van der Waals surface area contributed by atoms with Crippen LogP contribution in [0.4, 0.5) is 0 Å². The predicted molar refractivity (Wildman–Crippen MR) is 47.4 cm³/mol. The number of aliphatic imine (C=N–C) groups is 1. The molecule has 0 saturated carbocycles. The number of aryl methyl sites for hydroxylation is 2. The fourth-order valence-corrected chi connectivity index (χ4v) is 1.64. The topological polar surface area (TPSA) is 38.1 Å². The number of hydrogen-bond donors (Lipinski definition) is 0. The summed E-state index contributed by atoms with van der Waals surface area (Å²) in [5.41, 5.74) is 4.36. The van der Waals surface area contributed by atoms with Crippen molar-refractivity contribution in [2.24, 2.45) is 4.99 Å². The number of rotatable bonds is 0. The molecule has 0 radical (unpaired) electrons. The van der Waals surface area contributed by atoms with E-state index < -0.39 is 0 Å². The van der Waals surface area contributed by atoms with Crippen LogP contribution in [0.3, 0.4) is 0 Å². The van der Waals surface area contributed by atoms with Gasteiger partial charge in [-0.25, -0.2) is 9.97 Å². The van der Waals surface area contributed by atoms with Crippen LogP contribution in [0.5, 0.6) is 0 Å². The molecule has 0 fully saturated rings. The lowest BCUT2D eigenvalue weighted by Crippen LogP contribution is -2.03. The molecule has 3 heteroatoms. The Labute approximate surface area is 71.6 Å². The maximum Gasteiger partial charge on any atom is 0.125 e. The Hall–Kier alpha value is -1.25. The minimum atomic E-state index is 0.728. The van der Waals surface area contributed by atoms with Crippen molar-refractivity contribution < 1.29 is 0 Å². The maximum absolute atomic E-state index is 4.34. The molecule has 2 rings (SSSR count). The third-order valence-electron chi connectivity index (χ3n) is 2.10. The van der Waals surface area contributed by atoms with Gasteiger partial charge in [-0.15, -0.1) is 0 Å². The molecule has 62 valence electrons. The van der Waals surface area contributed by atoms with E-state index in [4.69, 9.17) is 0 Å². The summed E-state index contributed by atoms with van der Waals surface area (Å²) in [7, 11) is 0. The maximum atomic E-state index is 4.34. The lowest BCUT2D eigenvalue weighted by Gasteiger charge is -2.03. The van der Waals surface area contributed by atoms with Gasteiger partial charge in [0.2, 0.25) is 0 Å². The minimum absolute atomic E-state index is 0.728. The summed E-state index contributed by atoms with van der Waals surface area (Å²) in [6, 6.07) is 0. The fourth-order valence-electron chi connectivity index (χ4n) is 1.64. The van der Waals surface area contributed by atoms with Crippen molar-refractivity contribution in [3.05, 3.63) is 22.8 Å². The van der Waals surface area contributed by atoms with Crippen LogP contribution in [0, 0.1) is 13.8 Å². The number of fused-ring (bicyclic) bond motifs is 1. The summed E-state index contributed by atoms with van der Waals surface area (Å²) in [6.45, 7) is 6.67. The van der Waals surface area contributed by atoms with E-state index in [0.29, 0.717) is 0 Å². The molecule has 0 unspecified atom stereocenters. The third-order valence-corrected chi connectivity index (χ3v) is 2.10. The van der Waals surface area contributed by atoms with Gasteiger partial charge in [0, 0.05) is 11.3 Å². The molecule has 0 aliphatic carbocycles. The van der Waals surface area contributed by atoms with E-state index in [1.165, 1.54) is 0 Å². The molecule has 0 spiro atoms. The molecule has 0 N–H and O–H groups in total. The van der Waals surface area contributed by atoms with Gasteiger partial charge < -0.3 is 0 Å². The van der Waals surface area contributed by atoms with Crippen LogP contribution in [-0.2, 0) is 6.54 Å². The fraction of sp³-hybridized carbons (Fsp3) is 0.444. The first-order valence-corrected chi connectivity index (χ1v) is 4.04. The zero-order valence-corrected chi connectivity index (χ0v) is 7.55. The highest BCUT2D eigenvalue weighted by Gasteiger charge is 2.16. The second-order valence-corrected chi connectivity index (χ2v) is 3.08. The molecule has 0 aromatic carbocycles. The first-order valence-electron chi connectivity index (χ1n) is 4.04. The lowest BCUT2D eigenvalue weighted by atomic mass is 10.1. The van der Waals surface area contributed by atoms with Crippen LogP contribution in [0.2, 0.25) is 0 Å². The van der Waals surface area contributed by atoms with Crippen molar-refractivity contribution in [3.63, 3.8) is 0 Å². The molecule has 12 heavy (non-hydrogen) atoms. The van der Waals surface area contributed by atoms with E-state index >= 15 is 0 Å². The van der Waals surface area contributed by atoms with Crippen molar-refractivity contribution in [1.82, 2.24) is 9.97 Å². The summed E-state index contributed by atoms with van der Waals surface area (Å²) in [5.74, 6) is 0.844. The highest BCUT2D eigenvalue weighted by atomic mass is 14.9. The first kappa shape index (κ1) is 7.40. The molecule has 0 bridgehead atoms. The van der Waals surface area contributed by atoms with Gasteiger partial charge in [0.1, 0.15) is 5.82 Å². The van der Waals surface area contributed by atoms with E-state index in [9.17, 15) is 0 Å². The highest BCUT2D eigenvalue weighted by Crippen LogP contribution is 2.18. The van der Waals surface area contributed by atoms with Crippen LogP contribution in [0.25, 0.3) is 0 Å². The van der Waals surface area contributed by atoms with E-state index in [1.54, 1.807) is 0 Å². The van der Waals surface area contributed by atoms with Crippen molar-refractivity contribution in [3.8, 4) is 0 Å². The van der Waals surface area contributed by atoms with Crippen molar-refractivity contribution in [1.29, 1.82) is 0 Å². The Morgan fingerprint density at radius 2 is 1.83 bits per heavy atom. The molecule has 3 nitrogen and oxygen atoms in total. The van der Waals surface area contributed by atoms with Crippen LogP contribution in [0.1, 0.15) is 29.7 Å². The molecule has 1 aromatic rings. The summed E-state index contributed by atoms with van der Waals surface area (Å²) < 4.78 is 0. The van der Waals surface area contributed by atoms with Gasteiger partial charge >= 0.3 is 0 Å². The number of hydrogen-bond acceptors (Lipinski definition) is 3. The van der Waals surface area contributed by atoms with Gasteiger partial charge in [-0.2, -0.15) is 0 Å². The average molecular weight is 161 g/mol. The second kappa shape index (κ2) is 2.37. The standard InChI is InChI=1S/C9H11N3/c1-5-9-6(2)11-7(3)12-8(9)4-10-5/h4H2,1-3H3. The Morgan fingerprint density at radius 1 is 1.08 bits per heavy atom. The SMILES string of the molecule is CC1=NCc2nc(C)nc(C)c21. The smallest absolute Gasteiger partial charge is 0.125 e. The van der Waals surface area contributed by atoms with E-state index in [0.717, 1.165) is 35.0 Å². The van der Waals surface area contributed by atoms with E-state index in [-0.39, 0.29) is 0 Å². The molecular weight excluding hydrogens is 150 g/mol. The molecule has 1 aromatic heterocycles. The normalized spacial score (nSPS) is 14.4. The minimum Gasteiger partial charge on any atom is -0.283 e. The van der Waals surface area contributed by atoms with Crippen LogP contribution in [-0.4, -0.2) is 15.7 Å². The molecule has 1 aliphatic heterocycles. The Balaban J connectivity index is 2.67. The van der Waals surface area contributed by atoms with Gasteiger partial charge in [0.25, 0.3) is 0 Å². The highest BCUT2D eigenvalue weighted by molar-refractivity contribution is 6.02. The molecule has 0 amide bonds. The number of nitrogens with zero attached hydrogens (tertiary/aromatic N) is 3. The van der Waals surface area contributed by atoms with Gasteiger partial charge in [-0.3, -0.25) is 4.99 Å². The summed E-state index contributed by atoms with van der Waals surface area (Å²) in [4.78, 5) is 13.0. The molecule has 2 heterocycles. The molecule has 0 saturated heterocycles. The average Bonchev–Trinajstić information content (AvgIpc) is 2.31. The lowest BCUT2D eigenvalue weighted by molar-refractivity contribution is 0.927. The van der Waals surface area contributed by atoms with Gasteiger partial charge in [-0.05, 0) is 20.8 Å². The van der Waals surface area contributed by atoms with Crippen LogP contribution in [0.15, 0.2) is 4.99 Å².